The Labute approximate surface area is 111 Å². The van der Waals surface area contributed by atoms with Crippen LogP contribution in [0.2, 0.25) is 0 Å². The van der Waals surface area contributed by atoms with Gasteiger partial charge in [-0.15, -0.1) is 0 Å². The second-order valence-electron chi connectivity index (χ2n) is 4.74. The maximum Gasteiger partial charge on any atom is 0.253 e. The lowest BCUT2D eigenvalue weighted by Gasteiger charge is -2.28. The minimum atomic E-state index is -0.584. The molecule has 5 nitrogen and oxygen atoms in total. The van der Waals surface area contributed by atoms with Gasteiger partial charge in [0.05, 0.1) is 23.4 Å². The normalized spacial score (nSPS) is 22.9. The molecular formula is C13H18FN3O2. The van der Waals surface area contributed by atoms with Gasteiger partial charge in [-0.25, -0.2) is 4.39 Å². The zero-order valence-corrected chi connectivity index (χ0v) is 10.5. The Morgan fingerprint density at radius 2 is 2.11 bits per heavy atom. The first-order valence-corrected chi connectivity index (χ1v) is 6.37. The number of rotatable bonds is 3. The lowest BCUT2D eigenvalue weighted by Crippen LogP contribution is -2.45. The highest BCUT2D eigenvalue weighted by atomic mass is 19.1. The van der Waals surface area contributed by atoms with Gasteiger partial charge in [0.15, 0.2) is 0 Å². The fourth-order valence-corrected chi connectivity index (χ4v) is 2.39. The Morgan fingerprint density at radius 3 is 2.79 bits per heavy atom. The van der Waals surface area contributed by atoms with E-state index in [-0.39, 0.29) is 17.3 Å². The Hall–Kier alpha value is -1.66. The van der Waals surface area contributed by atoms with Crippen LogP contribution in [0.25, 0.3) is 0 Å². The maximum atomic E-state index is 13.5. The molecule has 104 valence electrons. The van der Waals surface area contributed by atoms with E-state index in [1.54, 1.807) is 0 Å². The number of para-hydroxylation sites is 1. The number of aliphatic hydroxyl groups excluding tert-OH is 1. The molecule has 0 bridgehead atoms. The van der Waals surface area contributed by atoms with Crippen molar-refractivity contribution in [2.45, 2.75) is 37.8 Å². The standard InChI is InChI=1S/C13H18FN3O2/c14-9-5-3-4-8(12(9)17-15)13(19)16-10-6-1-2-7-11(10)18/h3-5,10-11,17-18H,1-2,6-7,15H2,(H,16,19). The molecule has 1 aliphatic carbocycles. The van der Waals surface area contributed by atoms with Crippen molar-refractivity contribution in [3.05, 3.63) is 29.6 Å². The molecule has 1 aromatic carbocycles. The van der Waals surface area contributed by atoms with E-state index in [1.165, 1.54) is 18.2 Å². The first-order chi connectivity index (χ1) is 9.13. The van der Waals surface area contributed by atoms with Crippen molar-refractivity contribution in [1.29, 1.82) is 0 Å². The molecule has 2 atom stereocenters. The third-order valence-corrected chi connectivity index (χ3v) is 3.45. The molecule has 2 unspecified atom stereocenters. The highest BCUT2D eigenvalue weighted by Gasteiger charge is 2.26. The van der Waals surface area contributed by atoms with Gasteiger partial charge in [-0.3, -0.25) is 10.6 Å². The van der Waals surface area contributed by atoms with Gasteiger partial charge in [0.2, 0.25) is 0 Å². The predicted molar refractivity (Wildman–Crippen MR) is 69.9 cm³/mol. The lowest BCUT2D eigenvalue weighted by atomic mass is 9.92. The Kier molecular flexibility index (Phi) is 4.34. The van der Waals surface area contributed by atoms with Crippen LogP contribution >= 0.6 is 0 Å². The number of nitrogens with one attached hydrogen (secondary N) is 2. The molecule has 0 heterocycles. The monoisotopic (exact) mass is 267 g/mol. The van der Waals surface area contributed by atoms with Crippen LogP contribution in [-0.4, -0.2) is 23.2 Å². The number of hydrogen-bond acceptors (Lipinski definition) is 4. The van der Waals surface area contributed by atoms with E-state index in [9.17, 15) is 14.3 Å². The number of nitrogens with two attached hydrogens (primary N) is 1. The third kappa shape index (κ3) is 3.02. The highest BCUT2D eigenvalue weighted by molar-refractivity contribution is 5.99. The van der Waals surface area contributed by atoms with E-state index in [2.05, 4.69) is 10.7 Å². The molecule has 1 fully saturated rings. The number of anilines is 1. The molecule has 1 aromatic rings. The zero-order chi connectivity index (χ0) is 13.8. The van der Waals surface area contributed by atoms with Gasteiger partial charge in [-0.1, -0.05) is 18.9 Å². The fourth-order valence-electron chi connectivity index (χ4n) is 2.39. The summed E-state index contributed by atoms with van der Waals surface area (Å²) >= 11 is 0. The SMILES string of the molecule is NNc1c(F)cccc1C(=O)NC1CCCCC1O. The minimum Gasteiger partial charge on any atom is -0.391 e. The van der Waals surface area contributed by atoms with Crippen LogP contribution < -0.4 is 16.6 Å². The number of aliphatic hydroxyl groups is 1. The molecule has 1 aliphatic rings. The summed E-state index contributed by atoms with van der Waals surface area (Å²) in [4.78, 5) is 12.1. The number of hydrogen-bond donors (Lipinski definition) is 4. The van der Waals surface area contributed by atoms with Crippen molar-refractivity contribution in [3.63, 3.8) is 0 Å². The summed E-state index contributed by atoms with van der Waals surface area (Å²) in [7, 11) is 0. The van der Waals surface area contributed by atoms with E-state index < -0.39 is 17.8 Å². The van der Waals surface area contributed by atoms with Crippen molar-refractivity contribution in [2.24, 2.45) is 5.84 Å². The number of carbonyl (C=O) groups is 1. The fraction of sp³-hybridized carbons (Fsp3) is 0.462. The summed E-state index contributed by atoms with van der Waals surface area (Å²) in [6.45, 7) is 0. The number of amides is 1. The van der Waals surface area contributed by atoms with Gasteiger partial charge in [-0.2, -0.15) is 0 Å². The van der Waals surface area contributed by atoms with Crippen LogP contribution in [0.15, 0.2) is 18.2 Å². The van der Waals surface area contributed by atoms with Crippen LogP contribution in [-0.2, 0) is 0 Å². The predicted octanol–water partition coefficient (Wildman–Crippen LogP) is 1.14. The Morgan fingerprint density at radius 1 is 1.37 bits per heavy atom. The Balaban J connectivity index is 2.13. The molecule has 0 aliphatic heterocycles. The first kappa shape index (κ1) is 13.8. The highest BCUT2D eigenvalue weighted by Crippen LogP contribution is 2.21. The van der Waals surface area contributed by atoms with Gasteiger partial charge in [0.1, 0.15) is 5.82 Å². The second-order valence-corrected chi connectivity index (χ2v) is 4.74. The number of carbonyl (C=O) groups excluding carboxylic acids is 1. The van der Waals surface area contributed by atoms with Gasteiger partial charge >= 0.3 is 0 Å². The van der Waals surface area contributed by atoms with E-state index in [0.29, 0.717) is 6.42 Å². The molecule has 1 amide bonds. The van der Waals surface area contributed by atoms with Gasteiger partial charge < -0.3 is 15.8 Å². The molecular weight excluding hydrogens is 249 g/mol. The van der Waals surface area contributed by atoms with Crippen molar-refractivity contribution in [2.75, 3.05) is 5.43 Å². The van der Waals surface area contributed by atoms with Crippen LogP contribution in [0.5, 0.6) is 0 Å². The molecule has 5 N–H and O–H groups in total. The molecule has 6 heteroatoms. The van der Waals surface area contributed by atoms with E-state index in [4.69, 9.17) is 5.84 Å². The third-order valence-electron chi connectivity index (χ3n) is 3.45. The lowest BCUT2D eigenvalue weighted by molar-refractivity contribution is 0.0717. The second kappa shape index (κ2) is 5.99. The van der Waals surface area contributed by atoms with Crippen LogP contribution in [0.3, 0.4) is 0 Å². The molecule has 19 heavy (non-hydrogen) atoms. The van der Waals surface area contributed by atoms with Crippen molar-refractivity contribution in [1.82, 2.24) is 5.32 Å². The number of hydrazine groups is 1. The molecule has 0 spiro atoms. The molecule has 2 rings (SSSR count). The largest absolute Gasteiger partial charge is 0.391 e. The van der Waals surface area contributed by atoms with E-state index in [0.717, 1.165) is 19.3 Å². The number of halogens is 1. The summed E-state index contributed by atoms with van der Waals surface area (Å²) in [5.41, 5.74) is 2.30. The summed E-state index contributed by atoms with van der Waals surface area (Å²) in [6, 6.07) is 3.88. The van der Waals surface area contributed by atoms with Crippen molar-refractivity contribution < 1.29 is 14.3 Å². The molecule has 0 saturated heterocycles. The zero-order valence-electron chi connectivity index (χ0n) is 10.5. The van der Waals surface area contributed by atoms with Gasteiger partial charge in [-0.05, 0) is 25.0 Å². The van der Waals surface area contributed by atoms with Crippen LogP contribution in [0.4, 0.5) is 10.1 Å². The van der Waals surface area contributed by atoms with Crippen molar-refractivity contribution >= 4 is 11.6 Å². The topological polar surface area (TPSA) is 87.4 Å². The summed E-state index contributed by atoms with van der Waals surface area (Å²) in [5.74, 6) is 4.21. The smallest absolute Gasteiger partial charge is 0.253 e. The van der Waals surface area contributed by atoms with Crippen LogP contribution in [0.1, 0.15) is 36.0 Å². The van der Waals surface area contributed by atoms with Gasteiger partial charge in [0, 0.05) is 0 Å². The number of benzene rings is 1. The van der Waals surface area contributed by atoms with Crippen molar-refractivity contribution in [3.8, 4) is 0 Å². The Bertz CT molecular complexity index is 467. The first-order valence-electron chi connectivity index (χ1n) is 6.37. The van der Waals surface area contributed by atoms with E-state index >= 15 is 0 Å². The molecule has 0 aromatic heterocycles. The van der Waals surface area contributed by atoms with Crippen LogP contribution in [0, 0.1) is 5.82 Å². The molecule has 1 saturated carbocycles. The quantitative estimate of drug-likeness (QED) is 0.488. The average Bonchev–Trinajstić information content (AvgIpc) is 2.41. The van der Waals surface area contributed by atoms with E-state index in [1.807, 2.05) is 0 Å². The average molecular weight is 267 g/mol. The molecule has 0 radical (unpaired) electrons. The van der Waals surface area contributed by atoms with Gasteiger partial charge in [0.25, 0.3) is 5.91 Å². The summed E-state index contributed by atoms with van der Waals surface area (Å²) in [6.07, 6.45) is 2.79. The number of nitrogen functional groups attached to an aromatic ring is 1. The maximum absolute atomic E-state index is 13.5. The summed E-state index contributed by atoms with van der Waals surface area (Å²) < 4.78 is 13.5. The summed E-state index contributed by atoms with van der Waals surface area (Å²) in [5, 5.41) is 12.6. The minimum absolute atomic E-state index is 0.0368.